The summed E-state index contributed by atoms with van der Waals surface area (Å²) in [5.74, 6) is 0.637. The Kier molecular flexibility index (Phi) is 8.42. The maximum atomic E-state index is 13.3. The molecule has 2 amide bonds. The maximum Gasteiger partial charge on any atom is 0.319 e. The molecule has 0 bridgehead atoms. The summed E-state index contributed by atoms with van der Waals surface area (Å²) in [4.78, 5) is 34.4. The standard InChI is InChI=1S/C28H26Cl2N8O4S/c1-37(2)26-23-25(38(36-26)24-20(29)13-19(14-21(24)30)43(31,41)42)34-22(35-27(23)39)12-16-8-10-18(11-9-16)33-28(40)32-15-17-6-4-3-5-7-17/h3-11,13-14H,12,15H2,1-2H3,(H2,31,41,42)(H2,32,33,40)(H,34,35,39). The van der Waals surface area contributed by atoms with Crippen LogP contribution in [0.2, 0.25) is 10.0 Å². The number of benzene rings is 3. The first kappa shape index (κ1) is 30.0. The average molecular weight is 642 g/mol. The van der Waals surface area contributed by atoms with Crippen LogP contribution in [0.1, 0.15) is 17.0 Å². The number of nitrogens with zero attached hydrogens (tertiary/aromatic N) is 4. The number of carbonyl (C=O) groups is 1. The second-order valence-electron chi connectivity index (χ2n) is 9.79. The number of nitrogens with two attached hydrogens (primary N) is 1. The topological polar surface area (TPSA) is 168 Å². The fourth-order valence-corrected chi connectivity index (χ4v) is 5.71. The molecular weight excluding hydrogens is 615 g/mol. The number of hydrogen-bond acceptors (Lipinski definition) is 7. The molecule has 0 saturated carbocycles. The summed E-state index contributed by atoms with van der Waals surface area (Å²) in [6.07, 6.45) is 0.250. The second kappa shape index (κ2) is 12.1. The number of fused-ring (bicyclic) bond motifs is 1. The predicted molar refractivity (Wildman–Crippen MR) is 167 cm³/mol. The second-order valence-corrected chi connectivity index (χ2v) is 12.2. The van der Waals surface area contributed by atoms with Gasteiger partial charge < -0.3 is 20.5 Å². The molecule has 3 aromatic carbocycles. The number of sulfonamides is 1. The molecule has 0 aliphatic carbocycles. The summed E-state index contributed by atoms with van der Waals surface area (Å²) >= 11 is 12.9. The van der Waals surface area contributed by atoms with Crippen LogP contribution >= 0.6 is 23.2 Å². The monoisotopic (exact) mass is 640 g/mol. The Labute approximate surface area is 256 Å². The molecule has 15 heteroatoms. The molecule has 2 heterocycles. The largest absolute Gasteiger partial charge is 0.361 e. The van der Waals surface area contributed by atoms with Gasteiger partial charge in [0.2, 0.25) is 10.0 Å². The Morgan fingerprint density at radius 1 is 1.02 bits per heavy atom. The Morgan fingerprint density at radius 2 is 1.67 bits per heavy atom. The fraction of sp³-hybridized carbons (Fsp3) is 0.143. The first-order valence-electron chi connectivity index (χ1n) is 12.8. The predicted octanol–water partition coefficient (Wildman–Crippen LogP) is 4.04. The molecular formula is C28H26Cl2N8O4S. The first-order chi connectivity index (χ1) is 20.4. The molecule has 0 fully saturated rings. The maximum absolute atomic E-state index is 13.3. The van der Waals surface area contributed by atoms with Gasteiger partial charge in [-0.3, -0.25) is 4.79 Å². The molecule has 12 nitrogen and oxygen atoms in total. The SMILES string of the molecule is CN(C)c1nn(-c2c(Cl)cc(S(N)(=O)=O)cc2Cl)c2nc(Cc3ccc(NC(=O)NCc4ccccc4)cc3)[nH]c(=O)c12. The molecule has 5 rings (SSSR count). The Bertz CT molecular complexity index is 1970. The number of H-pyrrole nitrogens is 1. The summed E-state index contributed by atoms with van der Waals surface area (Å²) < 4.78 is 25.0. The third kappa shape index (κ3) is 6.65. The van der Waals surface area contributed by atoms with E-state index in [1.54, 1.807) is 43.3 Å². The Morgan fingerprint density at radius 3 is 2.28 bits per heavy atom. The van der Waals surface area contributed by atoms with Crippen molar-refractivity contribution >= 4 is 61.8 Å². The van der Waals surface area contributed by atoms with Gasteiger partial charge in [0.25, 0.3) is 5.56 Å². The third-order valence-electron chi connectivity index (χ3n) is 6.40. The van der Waals surface area contributed by atoms with Crippen LogP contribution in [-0.2, 0) is 23.0 Å². The van der Waals surface area contributed by atoms with Crippen molar-refractivity contribution in [2.75, 3.05) is 24.3 Å². The van der Waals surface area contributed by atoms with Crippen LogP contribution < -0.4 is 26.2 Å². The van der Waals surface area contributed by atoms with Crippen LogP contribution in [0.25, 0.3) is 16.7 Å². The third-order valence-corrected chi connectivity index (χ3v) is 7.87. The number of hydrogen-bond donors (Lipinski definition) is 4. The van der Waals surface area contributed by atoms with Crippen LogP contribution in [0, 0.1) is 0 Å². The number of amides is 2. The zero-order chi connectivity index (χ0) is 30.9. The van der Waals surface area contributed by atoms with Gasteiger partial charge in [-0.2, -0.15) is 0 Å². The van der Waals surface area contributed by atoms with Crippen molar-refractivity contribution in [1.29, 1.82) is 0 Å². The smallest absolute Gasteiger partial charge is 0.319 e. The van der Waals surface area contributed by atoms with Gasteiger partial charge in [0.05, 0.1) is 14.9 Å². The zero-order valence-corrected chi connectivity index (χ0v) is 25.3. The summed E-state index contributed by atoms with van der Waals surface area (Å²) in [7, 11) is -0.649. The van der Waals surface area contributed by atoms with E-state index in [4.69, 9.17) is 28.3 Å². The normalized spacial score (nSPS) is 11.5. The number of urea groups is 1. The van der Waals surface area contributed by atoms with Crippen LogP contribution in [-0.4, -0.2) is 48.3 Å². The Balaban J connectivity index is 1.42. The lowest BCUT2D eigenvalue weighted by Crippen LogP contribution is -2.28. The van der Waals surface area contributed by atoms with Gasteiger partial charge >= 0.3 is 6.03 Å². The number of aromatic amines is 1. The minimum absolute atomic E-state index is 0.0502. The van der Waals surface area contributed by atoms with Gasteiger partial charge in [-0.15, -0.1) is 5.10 Å². The molecule has 0 atom stereocenters. The van der Waals surface area contributed by atoms with E-state index in [0.29, 0.717) is 23.9 Å². The van der Waals surface area contributed by atoms with E-state index in [0.717, 1.165) is 23.3 Å². The number of carbonyl (C=O) groups excluding carboxylic acids is 1. The first-order valence-corrected chi connectivity index (χ1v) is 15.1. The molecule has 2 aromatic heterocycles. The van der Waals surface area contributed by atoms with Crippen molar-refractivity contribution in [3.05, 3.63) is 104 Å². The van der Waals surface area contributed by atoms with Crippen LogP contribution in [0.15, 0.2) is 76.4 Å². The van der Waals surface area contributed by atoms with Crippen molar-refractivity contribution in [1.82, 2.24) is 25.1 Å². The highest BCUT2D eigenvalue weighted by Gasteiger charge is 2.24. The summed E-state index contributed by atoms with van der Waals surface area (Å²) in [5, 5.41) is 15.4. The van der Waals surface area contributed by atoms with E-state index < -0.39 is 15.6 Å². The van der Waals surface area contributed by atoms with Crippen molar-refractivity contribution in [3.8, 4) is 5.69 Å². The number of primary sulfonamides is 1. The minimum Gasteiger partial charge on any atom is -0.361 e. The molecule has 43 heavy (non-hydrogen) atoms. The van der Waals surface area contributed by atoms with Gasteiger partial charge in [0.15, 0.2) is 11.5 Å². The summed E-state index contributed by atoms with van der Waals surface area (Å²) in [6, 6.07) is 18.6. The summed E-state index contributed by atoms with van der Waals surface area (Å²) in [5.41, 5.74) is 2.26. The van der Waals surface area contributed by atoms with Crippen LogP contribution in [0.5, 0.6) is 0 Å². The number of halogens is 2. The van der Waals surface area contributed by atoms with E-state index in [1.165, 1.54) is 4.68 Å². The molecule has 0 unspecified atom stereocenters. The highest BCUT2D eigenvalue weighted by atomic mass is 35.5. The fourth-order valence-electron chi connectivity index (χ4n) is 4.37. The van der Waals surface area contributed by atoms with E-state index in [1.807, 2.05) is 30.3 Å². The van der Waals surface area contributed by atoms with Gasteiger partial charge in [0.1, 0.15) is 16.9 Å². The van der Waals surface area contributed by atoms with Gasteiger partial charge in [-0.1, -0.05) is 65.7 Å². The summed E-state index contributed by atoms with van der Waals surface area (Å²) in [6.45, 7) is 0.394. The van der Waals surface area contributed by atoms with Crippen molar-refractivity contribution in [2.45, 2.75) is 17.9 Å². The molecule has 5 aromatic rings. The number of anilines is 2. The number of rotatable bonds is 8. The molecule has 222 valence electrons. The lowest BCUT2D eigenvalue weighted by molar-refractivity contribution is 0.251. The zero-order valence-electron chi connectivity index (χ0n) is 22.9. The lowest BCUT2D eigenvalue weighted by atomic mass is 10.1. The average Bonchev–Trinajstić information content (AvgIpc) is 3.33. The number of aromatic nitrogens is 4. The van der Waals surface area contributed by atoms with E-state index >= 15 is 0 Å². The molecule has 0 radical (unpaired) electrons. The van der Waals surface area contributed by atoms with Gasteiger partial charge in [-0.25, -0.2) is 28.0 Å². The quantitative estimate of drug-likeness (QED) is 0.198. The highest BCUT2D eigenvalue weighted by Crippen LogP contribution is 2.34. The molecule has 0 aliphatic rings. The van der Waals surface area contributed by atoms with E-state index in [9.17, 15) is 18.0 Å². The van der Waals surface area contributed by atoms with Crippen LogP contribution in [0.3, 0.4) is 0 Å². The van der Waals surface area contributed by atoms with Crippen molar-refractivity contribution < 1.29 is 13.2 Å². The molecule has 0 aliphatic heterocycles. The van der Waals surface area contributed by atoms with E-state index in [-0.39, 0.29) is 44.1 Å². The molecule has 5 N–H and O–H groups in total. The minimum atomic E-state index is -4.07. The van der Waals surface area contributed by atoms with Gasteiger partial charge in [0, 0.05) is 32.7 Å². The Hall–Kier alpha value is -4.43. The van der Waals surface area contributed by atoms with E-state index in [2.05, 4.69) is 25.7 Å². The van der Waals surface area contributed by atoms with Gasteiger partial charge in [-0.05, 0) is 35.4 Å². The molecule has 0 saturated heterocycles. The number of nitrogens with one attached hydrogen (secondary N) is 3. The molecule has 0 spiro atoms. The van der Waals surface area contributed by atoms with Crippen molar-refractivity contribution in [3.63, 3.8) is 0 Å². The lowest BCUT2D eigenvalue weighted by Gasteiger charge is -2.11. The highest BCUT2D eigenvalue weighted by molar-refractivity contribution is 7.89. The van der Waals surface area contributed by atoms with Crippen LogP contribution in [0.4, 0.5) is 16.3 Å². The van der Waals surface area contributed by atoms with Crippen molar-refractivity contribution in [2.24, 2.45) is 5.14 Å².